The molecule has 1 N–H and O–H groups in total. The van der Waals surface area contributed by atoms with Crippen LogP contribution < -0.4 is 10.3 Å². The molecule has 3 rings (SSSR count). The summed E-state index contributed by atoms with van der Waals surface area (Å²) in [6, 6.07) is 1.83. The fourth-order valence-electron chi connectivity index (χ4n) is 2.75. The van der Waals surface area contributed by atoms with Crippen LogP contribution in [0.2, 0.25) is 0 Å². The Bertz CT molecular complexity index is 689. The fraction of sp³-hybridized carbons (Fsp3) is 0.438. The van der Waals surface area contributed by atoms with Crippen molar-refractivity contribution in [1.29, 1.82) is 0 Å². The number of nitrogens with one attached hydrogen (secondary N) is 1. The van der Waals surface area contributed by atoms with Gasteiger partial charge in [0.05, 0.1) is 0 Å². The van der Waals surface area contributed by atoms with Gasteiger partial charge in [-0.25, -0.2) is 9.97 Å². The maximum atomic E-state index is 12.0. The van der Waals surface area contributed by atoms with E-state index in [2.05, 4.69) is 24.8 Å². The van der Waals surface area contributed by atoms with Crippen LogP contribution in [0.5, 0.6) is 0 Å². The molecule has 2 aromatic rings. The molecular formula is C16H21N5O. The molecule has 1 aliphatic rings. The quantitative estimate of drug-likeness (QED) is 0.919. The van der Waals surface area contributed by atoms with Gasteiger partial charge in [-0.15, -0.1) is 0 Å². The average Bonchev–Trinajstić information content (AvgIpc) is 2.57. The van der Waals surface area contributed by atoms with Gasteiger partial charge < -0.3 is 9.88 Å². The van der Waals surface area contributed by atoms with Crippen LogP contribution in [0.3, 0.4) is 0 Å². The molecule has 0 aliphatic carbocycles. The topological polar surface area (TPSA) is 65.1 Å². The van der Waals surface area contributed by atoms with Crippen LogP contribution in [-0.4, -0.2) is 46.0 Å². The average molecular weight is 299 g/mol. The maximum Gasteiger partial charge on any atom is 0.225 e. The first-order valence-electron chi connectivity index (χ1n) is 7.57. The van der Waals surface area contributed by atoms with Crippen molar-refractivity contribution in [2.75, 3.05) is 31.1 Å². The lowest BCUT2D eigenvalue weighted by atomic mass is 10.1. The van der Waals surface area contributed by atoms with Crippen molar-refractivity contribution in [3.63, 3.8) is 0 Å². The van der Waals surface area contributed by atoms with Crippen molar-refractivity contribution < 1.29 is 0 Å². The minimum absolute atomic E-state index is 0.144. The molecule has 0 amide bonds. The van der Waals surface area contributed by atoms with Gasteiger partial charge in [-0.05, 0) is 19.9 Å². The predicted molar refractivity (Wildman–Crippen MR) is 86.1 cm³/mol. The van der Waals surface area contributed by atoms with Crippen LogP contribution in [0.1, 0.15) is 16.8 Å². The Morgan fingerprint density at radius 2 is 1.82 bits per heavy atom. The lowest BCUT2D eigenvalue weighted by Gasteiger charge is -2.34. The molecule has 3 heterocycles. The van der Waals surface area contributed by atoms with Gasteiger partial charge in [0.15, 0.2) is 5.43 Å². The van der Waals surface area contributed by atoms with Crippen LogP contribution >= 0.6 is 0 Å². The van der Waals surface area contributed by atoms with Gasteiger partial charge in [0.2, 0.25) is 5.95 Å². The van der Waals surface area contributed by atoms with Crippen LogP contribution in [-0.2, 0) is 6.54 Å². The van der Waals surface area contributed by atoms with E-state index in [9.17, 15) is 4.79 Å². The van der Waals surface area contributed by atoms with E-state index < -0.39 is 0 Å². The first-order chi connectivity index (χ1) is 10.6. The highest BCUT2D eigenvalue weighted by Crippen LogP contribution is 2.12. The van der Waals surface area contributed by atoms with Gasteiger partial charge in [0.25, 0.3) is 0 Å². The van der Waals surface area contributed by atoms with Gasteiger partial charge in [0.1, 0.15) is 0 Å². The van der Waals surface area contributed by atoms with E-state index in [4.69, 9.17) is 0 Å². The molecule has 0 atom stereocenters. The Labute approximate surface area is 129 Å². The number of hydrogen-bond acceptors (Lipinski definition) is 5. The molecule has 0 saturated carbocycles. The molecule has 6 heteroatoms. The molecule has 2 aromatic heterocycles. The standard InChI is InChI=1S/C16H21N5O/c1-12-10-19-14(13(2)15(12)22)11-20-6-8-21(9-7-20)16-17-4-3-5-18-16/h3-5,10H,6-9,11H2,1-2H3,(H,19,22). The summed E-state index contributed by atoms with van der Waals surface area (Å²) in [7, 11) is 0. The van der Waals surface area contributed by atoms with Gasteiger partial charge in [-0.3, -0.25) is 9.69 Å². The summed E-state index contributed by atoms with van der Waals surface area (Å²) in [6.45, 7) is 8.20. The third-order valence-electron chi connectivity index (χ3n) is 4.20. The van der Waals surface area contributed by atoms with Crippen molar-refractivity contribution in [3.8, 4) is 0 Å². The largest absolute Gasteiger partial charge is 0.363 e. The van der Waals surface area contributed by atoms with E-state index in [1.54, 1.807) is 18.6 Å². The number of H-pyrrole nitrogens is 1. The van der Waals surface area contributed by atoms with Gasteiger partial charge in [-0.2, -0.15) is 0 Å². The molecular weight excluding hydrogens is 278 g/mol. The van der Waals surface area contributed by atoms with E-state index in [0.717, 1.165) is 55.5 Å². The lowest BCUT2D eigenvalue weighted by molar-refractivity contribution is 0.245. The SMILES string of the molecule is Cc1c[nH]c(CN2CCN(c3ncccn3)CC2)c(C)c1=O. The molecule has 1 aliphatic heterocycles. The number of hydrogen-bond donors (Lipinski definition) is 1. The van der Waals surface area contributed by atoms with Crippen molar-refractivity contribution in [3.05, 3.63) is 51.7 Å². The molecule has 0 spiro atoms. The van der Waals surface area contributed by atoms with Gasteiger partial charge >= 0.3 is 0 Å². The summed E-state index contributed by atoms with van der Waals surface area (Å²) in [6.07, 6.45) is 5.35. The summed E-state index contributed by atoms with van der Waals surface area (Å²) in [5.41, 5.74) is 2.76. The molecule has 0 bridgehead atoms. The number of aromatic amines is 1. The van der Waals surface area contributed by atoms with Crippen molar-refractivity contribution in [2.24, 2.45) is 0 Å². The molecule has 22 heavy (non-hydrogen) atoms. The molecule has 0 aromatic carbocycles. The summed E-state index contributed by atoms with van der Waals surface area (Å²) in [4.78, 5) is 28.4. The highest BCUT2D eigenvalue weighted by molar-refractivity contribution is 5.29. The highest BCUT2D eigenvalue weighted by Gasteiger charge is 2.19. The van der Waals surface area contributed by atoms with E-state index in [-0.39, 0.29) is 5.43 Å². The Morgan fingerprint density at radius 1 is 1.14 bits per heavy atom. The number of piperazine rings is 1. The molecule has 6 nitrogen and oxygen atoms in total. The van der Waals surface area contributed by atoms with E-state index in [1.165, 1.54) is 0 Å². The normalized spacial score (nSPS) is 16.0. The second-order valence-corrected chi connectivity index (χ2v) is 5.72. The first-order valence-corrected chi connectivity index (χ1v) is 7.57. The second kappa shape index (κ2) is 6.27. The van der Waals surface area contributed by atoms with Crippen LogP contribution in [0.4, 0.5) is 5.95 Å². The van der Waals surface area contributed by atoms with Gasteiger partial charge in [0, 0.05) is 68.1 Å². The Kier molecular flexibility index (Phi) is 4.20. The highest BCUT2D eigenvalue weighted by atomic mass is 16.1. The number of anilines is 1. The number of rotatable bonds is 3. The second-order valence-electron chi connectivity index (χ2n) is 5.72. The number of pyridine rings is 1. The monoisotopic (exact) mass is 299 g/mol. The minimum Gasteiger partial charge on any atom is -0.363 e. The number of aromatic nitrogens is 3. The van der Waals surface area contributed by atoms with Crippen molar-refractivity contribution in [2.45, 2.75) is 20.4 Å². The third-order valence-corrected chi connectivity index (χ3v) is 4.20. The fourth-order valence-corrected chi connectivity index (χ4v) is 2.75. The van der Waals surface area contributed by atoms with E-state index >= 15 is 0 Å². The zero-order chi connectivity index (χ0) is 15.5. The smallest absolute Gasteiger partial charge is 0.225 e. The van der Waals surface area contributed by atoms with Crippen molar-refractivity contribution in [1.82, 2.24) is 19.9 Å². The lowest BCUT2D eigenvalue weighted by Crippen LogP contribution is -2.46. The zero-order valence-corrected chi connectivity index (χ0v) is 13.0. The molecule has 1 saturated heterocycles. The van der Waals surface area contributed by atoms with Crippen LogP contribution in [0, 0.1) is 13.8 Å². The zero-order valence-electron chi connectivity index (χ0n) is 13.0. The Hall–Kier alpha value is -2.21. The number of aryl methyl sites for hydroxylation is 1. The number of nitrogens with zero attached hydrogens (tertiary/aromatic N) is 4. The third kappa shape index (κ3) is 3.01. The predicted octanol–water partition coefficient (Wildman–Crippen LogP) is 1.10. The summed E-state index contributed by atoms with van der Waals surface area (Å²) in [5.74, 6) is 0.794. The van der Waals surface area contributed by atoms with Crippen LogP contribution in [0.25, 0.3) is 0 Å². The maximum absolute atomic E-state index is 12.0. The summed E-state index contributed by atoms with van der Waals surface area (Å²) < 4.78 is 0. The molecule has 1 fully saturated rings. The summed E-state index contributed by atoms with van der Waals surface area (Å²) in [5, 5.41) is 0. The van der Waals surface area contributed by atoms with E-state index in [1.807, 2.05) is 19.9 Å². The molecule has 0 radical (unpaired) electrons. The van der Waals surface area contributed by atoms with Crippen molar-refractivity contribution >= 4 is 5.95 Å². The van der Waals surface area contributed by atoms with E-state index in [0.29, 0.717) is 0 Å². The molecule has 0 unspecified atom stereocenters. The first kappa shape index (κ1) is 14.7. The Morgan fingerprint density at radius 3 is 2.50 bits per heavy atom. The summed E-state index contributed by atoms with van der Waals surface area (Å²) >= 11 is 0. The Balaban J connectivity index is 1.63. The molecule has 116 valence electrons. The van der Waals surface area contributed by atoms with Gasteiger partial charge in [-0.1, -0.05) is 0 Å². The van der Waals surface area contributed by atoms with Crippen LogP contribution in [0.15, 0.2) is 29.5 Å². The minimum atomic E-state index is 0.144.